The molecule has 2 heterocycles. The molecule has 0 aliphatic rings. The molecule has 0 aliphatic heterocycles. The van der Waals surface area contributed by atoms with Crippen LogP contribution in [0, 0.1) is 0 Å². The summed E-state index contributed by atoms with van der Waals surface area (Å²) in [5.41, 5.74) is 9.09. The van der Waals surface area contributed by atoms with Crippen LogP contribution in [0.5, 0.6) is 0 Å². The zero-order valence-corrected chi connectivity index (χ0v) is 27.5. The number of nitrogens with zero attached hydrogens (tertiary/aromatic N) is 3. The molecule has 0 saturated carbocycles. The highest BCUT2D eigenvalue weighted by Gasteiger charge is 2.18. The predicted octanol–water partition coefficient (Wildman–Crippen LogP) is 12.4. The van der Waals surface area contributed by atoms with Crippen LogP contribution < -0.4 is 0 Å². The largest absolute Gasteiger partial charge is 0.456 e. The van der Waals surface area contributed by atoms with Crippen molar-refractivity contribution in [3.8, 4) is 56.4 Å². The molecule has 8 aromatic carbocycles. The van der Waals surface area contributed by atoms with Crippen LogP contribution in [0.1, 0.15) is 0 Å². The molecule has 0 atom stereocenters. The van der Waals surface area contributed by atoms with Crippen molar-refractivity contribution in [1.29, 1.82) is 0 Å². The lowest BCUT2D eigenvalue weighted by Gasteiger charge is -2.13. The van der Waals surface area contributed by atoms with Gasteiger partial charge >= 0.3 is 0 Å². The van der Waals surface area contributed by atoms with Gasteiger partial charge in [0.05, 0.1) is 0 Å². The Labute approximate surface area is 294 Å². The van der Waals surface area contributed by atoms with Crippen molar-refractivity contribution < 1.29 is 4.42 Å². The van der Waals surface area contributed by atoms with E-state index in [9.17, 15) is 0 Å². The minimum absolute atomic E-state index is 0.624. The fraction of sp³-hybridized carbons (Fsp3) is 0. The van der Waals surface area contributed by atoms with E-state index >= 15 is 0 Å². The van der Waals surface area contributed by atoms with Crippen molar-refractivity contribution >= 4 is 43.5 Å². The minimum Gasteiger partial charge on any atom is -0.456 e. The smallest absolute Gasteiger partial charge is 0.164 e. The van der Waals surface area contributed by atoms with Gasteiger partial charge in [-0.25, -0.2) is 15.0 Å². The first kappa shape index (κ1) is 29.0. The minimum atomic E-state index is 0.624. The van der Waals surface area contributed by atoms with Crippen molar-refractivity contribution in [3.05, 3.63) is 176 Å². The van der Waals surface area contributed by atoms with Gasteiger partial charge in [0.1, 0.15) is 11.2 Å². The second-order valence-corrected chi connectivity index (χ2v) is 12.8. The topological polar surface area (TPSA) is 51.8 Å². The molecule has 0 aliphatic carbocycles. The lowest BCUT2D eigenvalue weighted by molar-refractivity contribution is 0.669. The number of benzene rings is 8. The number of rotatable bonds is 5. The standard InChI is InChI=1S/C47H29N3O/c1-3-12-30(13-4-1)33-24-22-31-23-25-35(28-36(31)26-33)46-48-45(32-14-5-2-6-15-32)49-47(50-46)41-29-37(27-34-16-7-8-17-38(34)41)39-19-11-21-43-44(39)40-18-9-10-20-42(40)51-43/h1-29H. The summed E-state index contributed by atoms with van der Waals surface area (Å²) >= 11 is 0. The van der Waals surface area contributed by atoms with Gasteiger partial charge in [0.15, 0.2) is 17.5 Å². The Kier molecular flexibility index (Phi) is 6.78. The van der Waals surface area contributed by atoms with Crippen LogP contribution in [0.25, 0.3) is 99.9 Å². The predicted molar refractivity (Wildman–Crippen MR) is 209 cm³/mol. The summed E-state index contributed by atoms with van der Waals surface area (Å²) < 4.78 is 6.28. The summed E-state index contributed by atoms with van der Waals surface area (Å²) in [4.78, 5) is 15.5. The van der Waals surface area contributed by atoms with Gasteiger partial charge in [-0.3, -0.25) is 0 Å². The molecule has 4 nitrogen and oxygen atoms in total. The fourth-order valence-corrected chi connectivity index (χ4v) is 7.20. The zero-order chi connectivity index (χ0) is 33.7. The molecule has 2 aromatic heterocycles. The van der Waals surface area contributed by atoms with Crippen LogP contribution in [0.2, 0.25) is 0 Å². The summed E-state index contributed by atoms with van der Waals surface area (Å²) in [5, 5.41) is 6.67. The quantitative estimate of drug-likeness (QED) is 0.186. The molecule has 0 saturated heterocycles. The Morgan fingerprint density at radius 1 is 0.314 bits per heavy atom. The van der Waals surface area contributed by atoms with E-state index in [1.54, 1.807) is 0 Å². The fourth-order valence-electron chi connectivity index (χ4n) is 7.20. The molecule has 0 fully saturated rings. The molecular weight excluding hydrogens is 623 g/mol. The maximum Gasteiger partial charge on any atom is 0.164 e. The van der Waals surface area contributed by atoms with E-state index in [0.717, 1.165) is 71.3 Å². The van der Waals surface area contributed by atoms with Gasteiger partial charge in [-0.15, -0.1) is 0 Å². The zero-order valence-electron chi connectivity index (χ0n) is 27.5. The maximum absolute atomic E-state index is 6.28. The molecule has 51 heavy (non-hydrogen) atoms. The van der Waals surface area contributed by atoms with E-state index in [1.165, 1.54) is 11.1 Å². The van der Waals surface area contributed by atoms with Crippen LogP contribution in [0.4, 0.5) is 0 Å². The average molecular weight is 652 g/mol. The Hall–Kier alpha value is -6.91. The van der Waals surface area contributed by atoms with Crippen molar-refractivity contribution in [2.24, 2.45) is 0 Å². The van der Waals surface area contributed by atoms with Crippen LogP contribution in [-0.4, -0.2) is 15.0 Å². The first-order chi connectivity index (χ1) is 25.2. The van der Waals surface area contributed by atoms with Crippen LogP contribution in [-0.2, 0) is 0 Å². The van der Waals surface area contributed by atoms with Gasteiger partial charge in [-0.1, -0.05) is 140 Å². The highest BCUT2D eigenvalue weighted by molar-refractivity contribution is 6.13. The van der Waals surface area contributed by atoms with Gasteiger partial charge in [-0.2, -0.15) is 0 Å². The van der Waals surface area contributed by atoms with E-state index in [2.05, 4.69) is 133 Å². The molecule has 0 unspecified atom stereocenters. The lowest BCUT2D eigenvalue weighted by atomic mass is 9.93. The number of hydrogen-bond donors (Lipinski definition) is 0. The number of hydrogen-bond acceptors (Lipinski definition) is 4. The van der Waals surface area contributed by atoms with Gasteiger partial charge in [0.2, 0.25) is 0 Å². The first-order valence-corrected chi connectivity index (χ1v) is 17.1. The number of para-hydroxylation sites is 1. The van der Waals surface area contributed by atoms with E-state index in [-0.39, 0.29) is 0 Å². The lowest BCUT2D eigenvalue weighted by Crippen LogP contribution is -2.01. The molecule has 0 bridgehead atoms. The van der Waals surface area contributed by atoms with Gasteiger partial charge in [0.25, 0.3) is 0 Å². The summed E-state index contributed by atoms with van der Waals surface area (Å²) in [6, 6.07) is 61.1. The Bertz CT molecular complexity index is 2910. The molecular formula is C47H29N3O. The molecule has 10 rings (SSSR count). The normalized spacial score (nSPS) is 11.5. The highest BCUT2D eigenvalue weighted by atomic mass is 16.3. The Morgan fingerprint density at radius 3 is 1.75 bits per heavy atom. The molecule has 10 aromatic rings. The molecule has 0 N–H and O–H groups in total. The molecule has 0 spiro atoms. The molecule has 0 amide bonds. The van der Waals surface area contributed by atoms with Crippen molar-refractivity contribution in [3.63, 3.8) is 0 Å². The average Bonchev–Trinajstić information content (AvgIpc) is 3.59. The molecule has 238 valence electrons. The van der Waals surface area contributed by atoms with Gasteiger partial charge in [-0.05, 0) is 80.2 Å². The van der Waals surface area contributed by atoms with Crippen molar-refractivity contribution in [2.45, 2.75) is 0 Å². The third-order valence-electron chi connectivity index (χ3n) is 9.69. The first-order valence-electron chi connectivity index (χ1n) is 17.1. The number of fused-ring (bicyclic) bond motifs is 5. The van der Waals surface area contributed by atoms with Gasteiger partial charge in [0, 0.05) is 27.5 Å². The second kappa shape index (κ2) is 11.9. The number of furan rings is 1. The monoisotopic (exact) mass is 651 g/mol. The Morgan fingerprint density at radius 2 is 0.922 bits per heavy atom. The second-order valence-electron chi connectivity index (χ2n) is 12.8. The van der Waals surface area contributed by atoms with Crippen LogP contribution >= 0.6 is 0 Å². The van der Waals surface area contributed by atoms with Crippen molar-refractivity contribution in [1.82, 2.24) is 15.0 Å². The van der Waals surface area contributed by atoms with E-state index in [0.29, 0.717) is 17.5 Å². The van der Waals surface area contributed by atoms with Crippen LogP contribution in [0.3, 0.4) is 0 Å². The third-order valence-corrected chi connectivity index (χ3v) is 9.69. The molecule has 0 radical (unpaired) electrons. The van der Waals surface area contributed by atoms with E-state index < -0.39 is 0 Å². The third kappa shape index (κ3) is 5.13. The Balaban J connectivity index is 1.20. The summed E-state index contributed by atoms with van der Waals surface area (Å²) in [5.74, 6) is 1.88. The SMILES string of the molecule is c1ccc(-c2ccc3ccc(-c4nc(-c5ccccc5)nc(-c5cc(-c6cccc7oc8ccccc8c67)cc6ccccc56)n4)cc3c2)cc1. The van der Waals surface area contributed by atoms with E-state index in [1.807, 2.05) is 42.5 Å². The van der Waals surface area contributed by atoms with Gasteiger partial charge < -0.3 is 4.42 Å². The van der Waals surface area contributed by atoms with E-state index in [4.69, 9.17) is 19.4 Å². The highest BCUT2D eigenvalue weighted by Crippen LogP contribution is 2.40. The maximum atomic E-state index is 6.28. The number of aromatic nitrogens is 3. The summed E-state index contributed by atoms with van der Waals surface area (Å²) in [6.45, 7) is 0. The van der Waals surface area contributed by atoms with Crippen LogP contribution in [0.15, 0.2) is 180 Å². The summed E-state index contributed by atoms with van der Waals surface area (Å²) in [7, 11) is 0. The summed E-state index contributed by atoms with van der Waals surface area (Å²) in [6.07, 6.45) is 0. The van der Waals surface area contributed by atoms with Crippen molar-refractivity contribution in [2.75, 3.05) is 0 Å². The molecule has 4 heteroatoms.